The molecule has 23 heavy (non-hydrogen) atoms. The number of nitrogens with zero attached hydrogens (tertiary/aromatic N) is 3. The summed E-state index contributed by atoms with van der Waals surface area (Å²) in [6.07, 6.45) is 0. The number of aliphatic hydroxyl groups excluding tert-OH is 1. The maximum atomic E-state index is 9.00. The van der Waals surface area contributed by atoms with Crippen LogP contribution >= 0.6 is 11.6 Å². The van der Waals surface area contributed by atoms with E-state index < -0.39 is 0 Å². The Morgan fingerprint density at radius 3 is 2.96 bits per heavy atom. The molecule has 0 atom stereocenters. The Kier molecular flexibility index (Phi) is 3.48. The van der Waals surface area contributed by atoms with E-state index in [2.05, 4.69) is 20.2 Å². The van der Waals surface area contributed by atoms with Gasteiger partial charge in [0.1, 0.15) is 11.1 Å². The largest absolute Gasteiger partial charge is 0.450 e. The van der Waals surface area contributed by atoms with Crippen molar-refractivity contribution in [3.63, 3.8) is 0 Å². The Morgan fingerprint density at radius 2 is 2.22 bits per heavy atom. The normalized spacial score (nSPS) is 15.3. The Balaban J connectivity index is 1.91. The summed E-state index contributed by atoms with van der Waals surface area (Å²) in [6, 6.07) is 5.58. The number of nitrogens with two attached hydrogens (primary N) is 1. The Bertz CT molecular complexity index is 875. The Morgan fingerprint density at radius 1 is 1.39 bits per heavy atom. The minimum atomic E-state index is 0.00326. The Hall–Kier alpha value is -2.09. The SMILES string of the molecule is NC1CN(c2nc(NCCO)nc3c2oc2ccc(Cl)cc23)C1. The van der Waals surface area contributed by atoms with E-state index in [9.17, 15) is 0 Å². The van der Waals surface area contributed by atoms with Crippen LogP contribution in [0.2, 0.25) is 5.02 Å². The van der Waals surface area contributed by atoms with Crippen molar-refractivity contribution in [2.24, 2.45) is 5.73 Å². The van der Waals surface area contributed by atoms with Crippen LogP contribution in [0.5, 0.6) is 0 Å². The van der Waals surface area contributed by atoms with E-state index in [4.69, 9.17) is 26.9 Å². The fraction of sp³-hybridized carbons (Fsp3) is 0.333. The molecule has 7 nitrogen and oxygen atoms in total. The fourth-order valence-corrected chi connectivity index (χ4v) is 2.92. The third-order valence-corrected chi connectivity index (χ3v) is 4.10. The highest BCUT2D eigenvalue weighted by atomic mass is 35.5. The van der Waals surface area contributed by atoms with Crippen LogP contribution in [0.15, 0.2) is 22.6 Å². The van der Waals surface area contributed by atoms with Gasteiger partial charge in [-0.2, -0.15) is 4.98 Å². The van der Waals surface area contributed by atoms with E-state index in [1.807, 2.05) is 12.1 Å². The monoisotopic (exact) mass is 333 g/mol. The van der Waals surface area contributed by atoms with Gasteiger partial charge in [0, 0.05) is 36.1 Å². The number of fused-ring (bicyclic) bond motifs is 3. The predicted molar refractivity (Wildman–Crippen MR) is 90.1 cm³/mol. The zero-order valence-corrected chi connectivity index (χ0v) is 13.0. The molecule has 4 N–H and O–H groups in total. The number of aliphatic hydroxyl groups is 1. The highest BCUT2D eigenvalue weighted by molar-refractivity contribution is 6.31. The maximum absolute atomic E-state index is 9.00. The molecule has 1 saturated heterocycles. The lowest BCUT2D eigenvalue weighted by Crippen LogP contribution is -2.56. The maximum Gasteiger partial charge on any atom is 0.225 e. The molecular weight excluding hydrogens is 318 g/mol. The van der Waals surface area contributed by atoms with E-state index in [1.165, 1.54) is 0 Å². The van der Waals surface area contributed by atoms with Gasteiger partial charge < -0.3 is 25.5 Å². The summed E-state index contributed by atoms with van der Waals surface area (Å²) < 4.78 is 5.95. The molecule has 8 heteroatoms. The van der Waals surface area contributed by atoms with Gasteiger partial charge in [-0.25, -0.2) is 4.98 Å². The zero-order chi connectivity index (χ0) is 16.0. The molecule has 3 heterocycles. The van der Waals surface area contributed by atoms with Crippen LogP contribution in [0.25, 0.3) is 22.1 Å². The third kappa shape index (κ3) is 2.46. The van der Waals surface area contributed by atoms with E-state index in [0.29, 0.717) is 40.0 Å². The van der Waals surface area contributed by atoms with Gasteiger partial charge in [0.25, 0.3) is 0 Å². The number of halogens is 1. The highest BCUT2D eigenvalue weighted by Gasteiger charge is 2.28. The molecule has 0 aliphatic carbocycles. The molecule has 0 amide bonds. The van der Waals surface area contributed by atoms with Gasteiger partial charge in [0.05, 0.1) is 6.61 Å². The number of nitrogens with one attached hydrogen (secondary N) is 1. The molecule has 0 unspecified atom stereocenters. The standard InChI is InChI=1S/C15H16ClN5O2/c16-8-1-2-11-10(5-8)12-13(23-11)14(21-6-9(17)7-21)20-15(19-12)18-3-4-22/h1-2,5,9,22H,3-4,6-7,17H2,(H,18,19,20). The molecule has 4 rings (SSSR count). The summed E-state index contributed by atoms with van der Waals surface area (Å²) in [4.78, 5) is 11.1. The van der Waals surface area contributed by atoms with Crippen LogP contribution in [0.3, 0.4) is 0 Å². The number of hydrogen-bond donors (Lipinski definition) is 3. The second kappa shape index (κ2) is 5.52. The van der Waals surface area contributed by atoms with Crippen molar-refractivity contribution in [1.29, 1.82) is 0 Å². The lowest BCUT2D eigenvalue weighted by atomic mass is 10.1. The van der Waals surface area contributed by atoms with Gasteiger partial charge in [-0.15, -0.1) is 0 Å². The molecular formula is C15H16ClN5O2. The quantitative estimate of drug-likeness (QED) is 0.666. The van der Waals surface area contributed by atoms with E-state index in [0.717, 1.165) is 18.5 Å². The summed E-state index contributed by atoms with van der Waals surface area (Å²) in [5, 5.41) is 13.5. The van der Waals surface area contributed by atoms with Crippen molar-refractivity contribution >= 4 is 45.4 Å². The van der Waals surface area contributed by atoms with Gasteiger partial charge >= 0.3 is 0 Å². The average molecular weight is 334 g/mol. The lowest BCUT2D eigenvalue weighted by molar-refractivity contribution is 0.311. The molecule has 1 fully saturated rings. The number of hydrogen-bond acceptors (Lipinski definition) is 7. The molecule has 1 aliphatic heterocycles. The summed E-state index contributed by atoms with van der Waals surface area (Å²) >= 11 is 6.10. The van der Waals surface area contributed by atoms with Crippen LogP contribution < -0.4 is 16.0 Å². The van der Waals surface area contributed by atoms with Crippen molar-refractivity contribution in [2.45, 2.75) is 6.04 Å². The first kappa shape index (κ1) is 14.5. The summed E-state index contributed by atoms with van der Waals surface area (Å²) in [5.41, 5.74) is 7.92. The molecule has 120 valence electrons. The first-order valence-corrected chi connectivity index (χ1v) is 7.78. The number of aromatic nitrogens is 2. The first-order chi connectivity index (χ1) is 11.2. The van der Waals surface area contributed by atoms with Gasteiger partial charge in [-0.3, -0.25) is 0 Å². The van der Waals surface area contributed by atoms with Crippen LogP contribution in [0, 0.1) is 0 Å². The minimum absolute atomic E-state index is 0.00326. The van der Waals surface area contributed by atoms with Crippen molar-refractivity contribution in [1.82, 2.24) is 9.97 Å². The highest BCUT2D eigenvalue weighted by Crippen LogP contribution is 2.36. The van der Waals surface area contributed by atoms with Crippen molar-refractivity contribution in [3.05, 3.63) is 23.2 Å². The lowest BCUT2D eigenvalue weighted by Gasteiger charge is -2.37. The minimum Gasteiger partial charge on any atom is -0.450 e. The van der Waals surface area contributed by atoms with Gasteiger partial charge in [0.2, 0.25) is 5.95 Å². The molecule has 0 saturated carbocycles. The van der Waals surface area contributed by atoms with Gasteiger partial charge in [-0.1, -0.05) is 11.6 Å². The second-order valence-corrected chi connectivity index (χ2v) is 6.04. The molecule has 0 spiro atoms. The van der Waals surface area contributed by atoms with E-state index >= 15 is 0 Å². The number of furan rings is 1. The molecule has 2 aromatic heterocycles. The number of anilines is 2. The Labute approximate surface area is 137 Å². The van der Waals surface area contributed by atoms with Gasteiger partial charge in [-0.05, 0) is 18.2 Å². The molecule has 1 aromatic carbocycles. The zero-order valence-electron chi connectivity index (χ0n) is 12.3. The summed E-state index contributed by atoms with van der Waals surface area (Å²) in [6.45, 7) is 1.83. The smallest absolute Gasteiger partial charge is 0.225 e. The molecule has 3 aromatic rings. The molecule has 0 radical (unpaired) electrons. The topological polar surface area (TPSA) is 100 Å². The molecule has 0 bridgehead atoms. The van der Waals surface area contributed by atoms with Crippen LogP contribution in [-0.2, 0) is 0 Å². The first-order valence-electron chi connectivity index (χ1n) is 7.41. The van der Waals surface area contributed by atoms with Crippen LogP contribution in [-0.4, -0.2) is 47.4 Å². The number of benzene rings is 1. The van der Waals surface area contributed by atoms with Crippen molar-refractivity contribution < 1.29 is 9.52 Å². The summed E-state index contributed by atoms with van der Waals surface area (Å²) in [7, 11) is 0. The second-order valence-electron chi connectivity index (χ2n) is 5.61. The van der Waals surface area contributed by atoms with Crippen LogP contribution in [0.4, 0.5) is 11.8 Å². The third-order valence-electron chi connectivity index (χ3n) is 3.86. The van der Waals surface area contributed by atoms with E-state index in [1.54, 1.807) is 6.07 Å². The number of rotatable bonds is 4. The fourth-order valence-electron chi connectivity index (χ4n) is 2.75. The van der Waals surface area contributed by atoms with Crippen molar-refractivity contribution in [2.75, 3.05) is 36.5 Å². The average Bonchev–Trinajstić information content (AvgIpc) is 2.87. The predicted octanol–water partition coefficient (Wildman–Crippen LogP) is 1.58. The van der Waals surface area contributed by atoms with Crippen molar-refractivity contribution in [3.8, 4) is 0 Å². The molecule has 1 aliphatic rings. The van der Waals surface area contributed by atoms with Crippen LogP contribution in [0.1, 0.15) is 0 Å². The van der Waals surface area contributed by atoms with E-state index in [-0.39, 0.29) is 12.6 Å². The summed E-state index contributed by atoms with van der Waals surface area (Å²) in [5.74, 6) is 1.16. The van der Waals surface area contributed by atoms with Gasteiger partial charge in [0.15, 0.2) is 11.4 Å².